The van der Waals surface area contributed by atoms with Gasteiger partial charge in [0.15, 0.2) is 0 Å². The van der Waals surface area contributed by atoms with Gasteiger partial charge in [-0.2, -0.15) is 0 Å². The van der Waals surface area contributed by atoms with Gasteiger partial charge in [-0.05, 0) is 55.4 Å². The number of allylic oxidation sites excluding steroid dienone is 4. The number of phenolic OH excluding ortho intramolecular Hbond substituents is 1. The summed E-state index contributed by atoms with van der Waals surface area (Å²) in [4.78, 5) is 2.47. The van der Waals surface area contributed by atoms with Gasteiger partial charge in [0.1, 0.15) is 5.75 Å². The van der Waals surface area contributed by atoms with Gasteiger partial charge in [-0.1, -0.05) is 24.3 Å². The summed E-state index contributed by atoms with van der Waals surface area (Å²) in [5.41, 5.74) is 2.78. The van der Waals surface area contributed by atoms with Gasteiger partial charge in [0, 0.05) is 18.8 Å². The molecule has 118 valence electrons. The van der Waals surface area contributed by atoms with E-state index in [1.807, 2.05) is 12.1 Å². The second kappa shape index (κ2) is 7.50. The molecule has 22 heavy (non-hydrogen) atoms. The molecule has 1 saturated heterocycles. The molecule has 1 aromatic carbocycles. The summed E-state index contributed by atoms with van der Waals surface area (Å²) in [7, 11) is 0. The van der Waals surface area contributed by atoms with E-state index < -0.39 is 0 Å². The molecule has 1 heterocycles. The average Bonchev–Trinajstić information content (AvgIpc) is 2.58. The third kappa shape index (κ3) is 4.14. The second-order valence-corrected chi connectivity index (χ2v) is 6.17. The Labute approximate surface area is 132 Å². The van der Waals surface area contributed by atoms with Crippen molar-refractivity contribution in [3.8, 4) is 5.75 Å². The topological polar surface area (TPSA) is 32.7 Å². The van der Waals surface area contributed by atoms with Crippen LogP contribution in [-0.4, -0.2) is 36.3 Å². The van der Waals surface area contributed by atoms with Crippen LogP contribution in [-0.2, 0) is 11.2 Å². The Morgan fingerprint density at radius 1 is 1.14 bits per heavy atom. The van der Waals surface area contributed by atoms with Crippen molar-refractivity contribution < 1.29 is 9.84 Å². The molecule has 1 N–H and O–H groups in total. The van der Waals surface area contributed by atoms with Crippen LogP contribution < -0.4 is 0 Å². The van der Waals surface area contributed by atoms with E-state index in [0.29, 0.717) is 11.7 Å². The number of hydrogen-bond acceptors (Lipinski definition) is 3. The highest BCUT2D eigenvalue weighted by atomic mass is 16.5. The summed E-state index contributed by atoms with van der Waals surface area (Å²) in [6, 6.07) is 7.58. The maximum absolute atomic E-state index is 9.31. The molecule has 2 aliphatic rings. The largest absolute Gasteiger partial charge is 0.508 e. The predicted molar refractivity (Wildman–Crippen MR) is 88.8 cm³/mol. The maximum atomic E-state index is 9.31. The van der Waals surface area contributed by atoms with Gasteiger partial charge in [0.25, 0.3) is 0 Å². The molecule has 1 aromatic rings. The first kappa shape index (κ1) is 15.2. The van der Waals surface area contributed by atoms with Crippen LogP contribution in [0, 0.1) is 5.92 Å². The van der Waals surface area contributed by atoms with Crippen LogP contribution >= 0.6 is 0 Å². The van der Waals surface area contributed by atoms with Crippen LogP contribution in [0.3, 0.4) is 0 Å². The average molecular weight is 299 g/mol. The van der Waals surface area contributed by atoms with Crippen molar-refractivity contribution in [2.24, 2.45) is 5.92 Å². The molecule has 3 heteroatoms. The van der Waals surface area contributed by atoms with E-state index in [-0.39, 0.29) is 0 Å². The fourth-order valence-electron chi connectivity index (χ4n) is 3.24. The summed E-state index contributed by atoms with van der Waals surface area (Å²) < 4.78 is 5.43. The number of ether oxygens (including phenoxy) is 1. The normalized spacial score (nSPS) is 21.7. The van der Waals surface area contributed by atoms with Crippen molar-refractivity contribution in [1.82, 2.24) is 4.90 Å². The highest BCUT2D eigenvalue weighted by Gasteiger charge is 2.18. The summed E-state index contributed by atoms with van der Waals surface area (Å²) in [6.45, 7) is 3.76. The molecule has 1 fully saturated rings. The zero-order valence-corrected chi connectivity index (χ0v) is 13.1. The number of morpholine rings is 1. The van der Waals surface area contributed by atoms with Crippen molar-refractivity contribution in [2.45, 2.75) is 25.7 Å². The molecule has 0 amide bonds. The summed E-state index contributed by atoms with van der Waals surface area (Å²) in [5, 5.41) is 9.31. The lowest BCUT2D eigenvalue weighted by atomic mass is 9.91. The Hall–Kier alpha value is -1.74. The number of aromatic hydroxyl groups is 1. The number of nitrogens with zero attached hydrogens (tertiary/aromatic N) is 1. The first-order valence-corrected chi connectivity index (χ1v) is 8.29. The number of hydrogen-bond donors (Lipinski definition) is 1. The summed E-state index contributed by atoms with van der Waals surface area (Å²) in [6.07, 6.45) is 11.5. The van der Waals surface area contributed by atoms with Crippen LogP contribution in [0.25, 0.3) is 0 Å². The number of benzene rings is 1. The molecule has 1 aliphatic heterocycles. The molecule has 0 saturated carbocycles. The molecule has 1 aliphatic carbocycles. The van der Waals surface area contributed by atoms with Crippen molar-refractivity contribution >= 4 is 0 Å². The highest BCUT2D eigenvalue weighted by molar-refractivity contribution is 5.26. The van der Waals surface area contributed by atoms with E-state index >= 15 is 0 Å². The Kier molecular flexibility index (Phi) is 5.17. The van der Waals surface area contributed by atoms with Crippen LogP contribution in [0.1, 0.15) is 24.8 Å². The molecular weight excluding hydrogens is 274 g/mol. The van der Waals surface area contributed by atoms with E-state index in [1.165, 1.54) is 24.1 Å². The molecule has 3 nitrogen and oxygen atoms in total. The molecule has 1 atom stereocenters. The van der Waals surface area contributed by atoms with E-state index in [2.05, 4.69) is 23.1 Å². The van der Waals surface area contributed by atoms with Gasteiger partial charge in [0.2, 0.25) is 0 Å². The lowest BCUT2D eigenvalue weighted by molar-refractivity contribution is 0.0511. The molecule has 0 bridgehead atoms. The minimum Gasteiger partial charge on any atom is -0.508 e. The number of rotatable bonds is 5. The number of phenols is 1. The maximum Gasteiger partial charge on any atom is 0.115 e. The van der Waals surface area contributed by atoms with E-state index in [0.717, 1.165) is 39.1 Å². The Morgan fingerprint density at radius 3 is 2.68 bits per heavy atom. The van der Waals surface area contributed by atoms with Gasteiger partial charge in [-0.15, -0.1) is 0 Å². The first-order chi connectivity index (χ1) is 10.8. The second-order valence-electron chi connectivity index (χ2n) is 6.17. The first-order valence-electron chi connectivity index (χ1n) is 8.29. The summed E-state index contributed by atoms with van der Waals surface area (Å²) in [5.74, 6) is 0.999. The zero-order chi connectivity index (χ0) is 15.2. The van der Waals surface area contributed by atoms with Crippen molar-refractivity contribution in [3.63, 3.8) is 0 Å². The molecule has 0 radical (unpaired) electrons. The standard InChI is InChI=1S/C19H25NO2/c21-19-9-7-16(8-10-19)3-1-4-17-5-2-6-18(15-17)20-11-13-22-14-12-20/h2,5-10,17,21H,1,3-4,11-15H2. The van der Waals surface area contributed by atoms with Gasteiger partial charge in [-0.3, -0.25) is 0 Å². The quantitative estimate of drug-likeness (QED) is 0.903. The van der Waals surface area contributed by atoms with E-state index in [9.17, 15) is 5.11 Å². The minimum absolute atomic E-state index is 0.347. The monoisotopic (exact) mass is 299 g/mol. The lowest BCUT2D eigenvalue weighted by Gasteiger charge is -2.33. The Bertz CT molecular complexity index is 527. The molecule has 1 unspecified atom stereocenters. The van der Waals surface area contributed by atoms with E-state index in [4.69, 9.17) is 4.74 Å². The van der Waals surface area contributed by atoms with Gasteiger partial charge >= 0.3 is 0 Å². The highest BCUT2D eigenvalue weighted by Crippen LogP contribution is 2.26. The molecule has 0 aromatic heterocycles. The molecule has 0 spiro atoms. The smallest absolute Gasteiger partial charge is 0.115 e. The van der Waals surface area contributed by atoms with Gasteiger partial charge < -0.3 is 14.7 Å². The lowest BCUT2D eigenvalue weighted by Crippen LogP contribution is -2.36. The van der Waals surface area contributed by atoms with Crippen molar-refractivity contribution in [2.75, 3.05) is 26.3 Å². The third-order valence-corrected chi connectivity index (χ3v) is 4.54. The van der Waals surface area contributed by atoms with Crippen LogP contribution in [0.15, 0.2) is 48.2 Å². The molecular formula is C19H25NO2. The van der Waals surface area contributed by atoms with Crippen LogP contribution in [0.5, 0.6) is 5.75 Å². The van der Waals surface area contributed by atoms with Crippen LogP contribution in [0.2, 0.25) is 0 Å². The fraction of sp³-hybridized carbons (Fsp3) is 0.474. The van der Waals surface area contributed by atoms with Gasteiger partial charge in [0.05, 0.1) is 13.2 Å². The summed E-state index contributed by atoms with van der Waals surface area (Å²) >= 11 is 0. The third-order valence-electron chi connectivity index (χ3n) is 4.54. The van der Waals surface area contributed by atoms with Gasteiger partial charge in [-0.25, -0.2) is 0 Å². The Morgan fingerprint density at radius 2 is 1.91 bits per heavy atom. The molecule has 3 rings (SSSR count). The Balaban J connectivity index is 1.44. The minimum atomic E-state index is 0.347. The van der Waals surface area contributed by atoms with Crippen molar-refractivity contribution in [1.29, 1.82) is 0 Å². The predicted octanol–water partition coefficient (Wildman–Crippen LogP) is 3.51. The SMILES string of the molecule is Oc1ccc(CCCC2C=CC=C(N3CCOCC3)C2)cc1. The van der Waals surface area contributed by atoms with Crippen molar-refractivity contribution in [3.05, 3.63) is 53.8 Å². The van der Waals surface area contributed by atoms with E-state index in [1.54, 1.807) is 12.1 Å². The number of aryl methyl sites for hydroxylation is 1. The zero-order valence-electron chi connectivity index (χ0n) is 13.1. The fourth-order valence-corrected chi connectivity index (χ4v) is 3.24. The van der Waals surface area contributed by atoms with Crippen LogP contribution in [0.4, 0.5) is 0 Å².